The summed E-state index contributed by atoms with van der Waals surface area (Å²) >= 11 is 11.8. The predicted molar refractivity (Wildman–Crippen MR) is 76.7 cm³/mol. The fraction of sp³-hybridized carbons (Fsp3) is 0.143. The van der Waals surface area contributed by atoms with Gasteiger partial charge in [0.1, 0.15) is 6.61 Å². The molecule has 104 valence electrons. The van der Waals surface area contributed by atoms with Crippen LogP contribution in [0, 0.1) is 6.92 Å². The number of carbonyl (C=O) groups is 1. The van der Waals surface area contributed by atoms with E-state index in [4.69, 9.17) is 33.0 Å². The molecule has 0 fully saturated rings. The van der Waals surface area contributed by atoms with E-state index in [2.05, 4.69) is 4.98 Å². The first-order valence-electron chi connectivity index (χ1n) is 5.75. The van der Waals surface area contributed by atoms with Crippen LogP contribution in [0.4, 0.5) is 0 Å². The predicted octanol–water partition coefficient (Wildman–Crippen LogP) is 3.97. The molecule has 0 aliphatic carbocycles. The third-order valence-electron chi connectivity index (χ3n) is 2.60. The number of carboxylic acids is 1. The van der Waals surface area contributed by atoms with Crippen molar-refractivity contribution in [1.82, 2.24) is 4.98 Å². The number of aryl methyl sites for hydroxylation is 1. The van der Waals surface area contributed by atoms with Crippen LogP contribution in [0.1, 0.15) is 21.7 Å². The van der Waals surface area contributed by atoms with Gasteiger partial charge in [0.2, 0.25) is 0 Å². The minimum absolute atomic E-state index is 0.116. The van der Waals surface area contributed by atoms with Crippen LogP contribution in [0.5, 0.6) is 5.75 Å². The first kappa shape index (κ1) is 14.6. The highest BCUT2D eigenvalue weighted by Crippen LogP contribution is 2.24. The van der Waals surface area contributed by atoms with E-state index in [0.29, 0.717) is 21.3 Å². The van der Waals surface area contributed by atoms with Gasteiger partial charge in [-0.3, -0.25) is 0 Å². The number of benzene rings is 1. The molecule has 0 radical (unpaired) electrons. The molecule has 1 heterocycles. The fourth-order valence-electron chi connectivity index (χ4n) is 1.61. The summed E-state index contributed by atoms with van der Waals surface area (Å²) in [7, 11) is 0. The van der Waals surface area contributed by atoms with Crippen LogP contribution in [-0.2, 0) is 6.61 Å². The molecule has 0 spiro atoms. The molecule has 1 aromatic carbocycles. The molecule has 2 aromatic rings. The summed E-state index contributed by atoms with van der Waals surface area (Å²) in [6.07, 6.45) is 0. The average molecular weight is 312 g/mol. The molecule has 1 aromatic heterocycles. The monoisotopic (exact) mass is 311 g/mol. The van der Waals surface area contributed by atoms with Gasteiger partial charge in [-0.15, -0.1) is 0 Å². The van der Waals surface area contributed by atoms with Crippen LogP contribution in [0.2, 0.25) is 10.0 Å². The fourth-order valence-corrected chi connectivity index (χ4v) is 2.07. The summed E-state index contributed by atoms with van der Waals surface area (Å²) in [5, 5.41) is 10.1. The van der Waals surface area contributed by atoms with E-state index >= 15 is 0 Å². The lowest BCUT2D eigenvalue weighted by Gasteiger charge is -2.10. The summed E-state index contributed by atoms with van der Waals surface area (Å²) in [5.41, 5.74) is 1.21. The van der Waals surface area contributed by atoms with Gasteiger partial charge in [-0.1, -0.05) is 29.3 Å². The Balaban J connectivity index is 2.20. The first-order chi connectivity index (χ1) is 9.47. The molecule has 0 bridgehead atoms. The minimum Gasteiger partial charge on any atom is -0.486 e. The van der Waals surface area contributed by atoms with Crippen molar-refractivity contribution in [2.75, 3.05) is 0 Å². The standard InChI is InChI=1S/C14H11Cl2NO3/c1-8-2-5-12(13(17-8)14(18)19)20-7-9-3-4-10(15)6-11(9)16/h2-6H,7H2,1H3,(H,18,19). The smallest absolute Gasteiger partial charge is 0.358 e. The van der Waals surface area contributed by atoms with Crippen molar-refractivity contribution >= 4 is 29.2 Å². The molecular formula is C14H11Cl2NO3. The van der Waals surface area contributed by atoms with E-state index in [1.54, 1.807) is 37.3 Å². The molecule has 0 unspecified atom stereocenters. The van der Waals surface area contributed by atoms with Gasteiger partial charge in [0.25, 0.3) is 0 Å². The van der Waals surface area contributed by atoms with Crippen molar-refractivity contribution in [3.8, 4) is 5.75 Å². The topological polar surface area (TPSA) is 59.4 Å². The van der Waals surface area contributed by atoms with Crippen LogP contribution in [-0.4, -0.2) is 16.1 Å². The number of hydrogen-bond acceptors (Lipinski definition) is 3. The zero-order valence-corrected chi connectivity index (χ0v) is 12.1. The van der Waals surface area contributed by atoms with Crippen LogP contribution < -0.4 is 4.74 Å². The van der Waals surface area contributed by atoms with Crippen LogP contribution in [0.15, 0.2) is 30.3 Å². The maximum Gasteiger partial charge on any atom is 0.358 e. The molecule has 20 heavy (non-hydrogen) atoms. The third kappa shape index (κ3) is 3.40. The van der Waals surface area contributed by atoms with Gasteiger partial charge in [0, 0.05) is 21.3 Å². The Kier molecular flexibility index (Phi) is 4.47. The highest BCUT2D eigenvalue weighted by Gasteiger charge is 2.14. The van der Waals surface area contributed by atoms with E-state index in [9.17, 15) is 4.79 Å². The van der Waals surface area contributed by atoms with Crippen molar-refractivity contribution in [1.29, 1.82) is 0 Å². The van der Waals surface area contributed by atoms with Crippen LogP contribution in [0.3, 0.4) is 0 Å². The van der Waals surface area contributed by atoms with Crippen LogP contribution >= 0.6 is 23.2 Å². The highest BCUT2D eigenvalue weighted by atomic mass is 35.5. The Labute approximate surface area is 125 Å². The molecule has 0 aliphatic heterocycles. The minimum atomic E-state index is -1.13. The Morgan fingerprint density at radius 2 is 2.05 bits per heavy atom. The summed E-state index contributed by atoms with van der Waals surface area (Å²) in [6, 6.07) is 8.29. The number of halogens is 2. The molecule has 4 nitrogen and oxygen atoms in total. The van der Waals surface area contributed by atoms with Gasteiger partial charge in [0.15, 0.2) is 11.4 Å². The lowest BCUT2D eigenvalue weighted by atomic mass is 10.2. The normalized spacial score (nSPS) is 10.3. The molecule has 0 amide bonds. The summed E-state index contributed by atoms with van der Waals surface area (Å²) in [4.78, 5) is 15.1. The Bertz CT molecular complexity index is 659. The summed E-state index contributed by atoms with van der Waals surface area (Å²) < 4.78 is 5.49. The number of aromatic nitrogens is 1. The van der Waals surface area contributed by atoms with Crippen molar-refractivity contribution in [2.45, 2.75) is 13.5 Å². The van der Waals surface area contributed by atoms with Gasteiger partial charge in [-0.2, -0.15) is 0 Å². The maximum absolute atomic E-state index is 11.1. The second-order valence-electron chi connectivity index (χ2n) is 4.13. The summed E-state index contributed by atoms with van der Waals surface area (Å²) in [5.74, 6) is -0.931. The lowest BCUT2D eigenvalue weighted by Crippen LogP contribution is -2.07. The lowest BCUT2D eigenvalue weighted by molar-refractivity contribution is 0.0684. The average Bonchev–Trinajstić information content (AvgIpc) is 2.38. The number of carboxylic acid groups (broad SMARTS) is 1. The largest absolute Gasteiger partial charge is 0.486 e. The molecule has 0 atom stereocenters. The SMILES string of the molecule is Cc1ccc(OCc2ccc(Cl)cc2Cl)c(C(=O)O)n1. The quantitative estimate of drug-likeness (QED) is 0.928. The van der Waals surface area contributed by atoms with E-state index in [0.717, 1.165) is 0 Å². The van der Waals surface area contributed by atoms with Gasteiger partial charge in [0.05, 0.1) is 0 Å². The highest BCUT2D eigenvalue weighted by molar-refractivity contribution is 6.35. The van der Waals surface area contributed by atoms with Gasteiger partial charge < -0.3 is 9.84 Å². The Morgan fingerprint density at radius 3 is 2.70 bits per heavy atom. The number of nitrogens with zero attached hydrogens (tertiary/aromatic N) is 1. The van der Waals surface area contributed by atoms with Crippen LogP contribution in [0.25, 0.3) is 0 Å². The molecule has 0 aliphatic rings. The van der Waals surface area contributed by atoms with Gasteiger partial charge >= 0.3 is 5.97 Å². The molecule has 0 saturated heterocycles. The second-order valence-corrected chi connectivity index (χ2v) is 4.97. The Morgan fingerprint density at radius 1 is 1.30 bits per heavy atom. The van der Waals surface area contributed by atoms with E-state index in [1.807, 2.05) is 0 Å². The molecule has 2 rings (SSSR count). The van der Waals surface area contributed by atoms with Crippen molar-refractivity contribution < 1.29 is 14.6 Å². The van der Waals surface area contributed by atoms with Crippen molar-refractivity contribution in [3.05, 3.63) is 57.3 Å². The third-order valence-corrected chi connectivity index (χ3v) is 3.19. The van der Waals surface area contributed by atoms with Crippen molar-refractivity contribution in [3.63, 3.8) is 0 Å². The molecule has 0 saturated carbocycles. The number of pyridine rings is 1. The number of aromatic carboxylic acids is 1. The van der Waals surface area contributed by atoms with E-state index in [-0.39, 0.29) is 18.1 Å². The second kappa shape index (κ2) is 6.11. The zero-order valence-electron chi connectivity index (χ0n) is 10.6. The maximum atomic E-state index is 11.1. The van der Waals surface area contributed by atoms with E-state index in [1.165, 1.54) is 0 Å². The molecular weight excluding hydrogens is 301 g/mol. The number of hydrogen-bond donors (Lipinski definition) is 1. The van der Waals surface area contributed by atoms with E-state index < -0.39 is 5.97 Å². The summed E-state index contributed by atoms with van der Waals surface area (Å²) in [6.45, 7) is 1.85. The zero-order chi connectivity index (χ0) is 14.7. The molecule has 6 heteroatoms. The Hall–Kier alpha value is -1.78. The number of rotatable bonds is 4. The molecule has 1 N–H and O–H groups in total. The van der Waals surface area contributed by atoms with Crippen molar-refractivity contribution in [2.24, 2.45) is 0 Å². The first-order valence-corrected chi connectivity index (χ1v) is 6.50. The van der Waals surface area contributed by atoms with Gasteiger partial charge in [-0.25, -0.2) is 9.78 Å². The van der Waals surface area contributed by atoms with Gasteiger partial charge in [-0.05, 0) is 31.2 Å². The number of ether oxygens (including phenoxy) is 1.